The van der Waals surface area contributed by atoms with E-state index < -0.39 is 11.4 Å². The van der Waals surface area contributed by atoms with Gasteiger partial charge in [-0.05, 0) is 31.6 Å². The molecule has 1 unspecified atom stereocenters. The molecule has 1 saturated carbocycles. The summed E-state index contributed by atoms with van der Waals surface area (Å²) in [4.78, 5) is 24.7. The van der Waals surface area contributed by atoms with Gasteiger partial charge in [-0.2, -0.15) is 0 Å². The van der Waals surface area contributed by atoms with Crippen LogP contribution in [-0.4, -0.2) is 41.6 Å². The molecule has 5 heteroatoms. The Bertz CT molecular complexity index is 365. The van der Waals surface area contributed by atoms with Gasteiger partial charge in [-0.3, -0.25) is 4.79 Å². The molecule has 1 saturated heterocycles. The fourth-order valence-electron chi connectivity index (χ4n) is 2.67. The maximum absolute atomic E-state index is 12.0. The predicted octanol–water partition coefficient (Wildman–Crippen LogP) is 1.68. The van der Waals surface area contributed by atoms with Crippen molar-refractivity contribution < 1.29 is 14.7 Å². The Hall–Kier alpha value is -1.26. The molecule has 18 heavy (non-hydrogen) atoms. The second-order valence-electron chi connectivity index (χ2n) is 6.36. The van der Waals surface area contributed by atoms with Crippen LogP contribution in [0.5, 0.6) is 0 Å². The number of amides is 2. The minimum Gasteiger partial charge on any atom is -0.481 e. The molecule has 2 N–H and O–H groups in total. The second-order valence-corrected chi connectivity index (χ2v) is 6.36. The zero-order valence-corrected chi connectivity index (χ0v) is 11.2. The average Bonchev–Trinajstić information content (AvgIpc) is 2.68. The van der Waals surface area contributed by atoms with Gasteiger partial charge >= 0.3 is 12.0 Å². The van der Waals surface area contributed by atoms with Crippen LogP contribution in [0, 0.1) is 10.8 Å². The first kappa shape index (κ1) is 13.2. The smallest absolute Gasteiger partial charge is 0.317 e. The molecule has 0 aromatic heterocycles. The SMILES string of the molecule is CC1(CNC(=O)N2CCC(C)(C(=O)O)C2)CCC1. The van der Waals surface area contributed by atoms with Gasteiger partial charge in [0.2, 0.25) is 0 Å². The summed E-state index contributed by atoms with van der Waals surface area (Å²) in [7, 11) is 0. The number of likely N-dealkylation sites (tertiary alicyclic amines) is 1. The van der Waals surface area contributed by atoms with E-state index in [4.69, 9.17) is 5.11 Å². The number of carbonyl (C=O) groups excluding carboxylic acids is 1. The number of nitrogens with one attached hydrogen (secondary N) is 1. The molecular weight excluding hydrogens is 232 g/mol. The summed E-state index contributed by atoms with van der Waals surface area (Å²) in [6, 6.07) is -0.117. The Labute approximate surface area is 108 Å². The van der Waals surface area contributed by atoms with Crippen LogP contribution in [0.15, 0.2) is 0 Å². The summed E-state index contributed by atoms with van der Waals surface area (Å²) in [6.45, 7) is 5.43. The summed E-state index contributed by atoms with van der Waals surface area (Å²) in [5, 5.41) is 12.1. The van der Waals surface area contributed by atoms with Gasteiger partial charge < -0.3 is 15.3 Å². The number of urea groups is 1. The fraction of sp³-hybridized carbons (Fsp3) is 0.846. The lowest BCUT2D eigenvalue weighted by molar-refractivity contribution is -0.147. The van der Waals surface area contributed by atoms with Crippen molar-refractivity contribution in [2.24, 2.45) is 10.8 Å². The van der Waals surface area contributed by atoms with Gasteiger partial charge in [-0.1, -0.05) is 13.3 Å². The van der Waals surface area contributed by atoms with Crippen molar-refractivity contribution >= 4 is 12.0 Å². The van der Waals surface area contributed by atoms with Gasteiger partial charge in [-0.25, -0.2) is 4.79 Å². The quantitative estimate of drug-likeness (QED) is 0.805. The highest BCUT2D eigenvalue weighted by atomic mass is 16.4. The third-order valence-corrected chi connectivity index (χ3v) is 4.50. The first-order valence-corrected chi connectivity index (χ1v) is 6.61. The molecule has 0 bridgehead atoms. The third kappa shape index (κ3) is 2.44. The normalized spacial score (nSPS) is 29.8. The molecule has 0 spiro atoms. The molecule has 102 valence electrons. The summed E-state index contributed by atoms with van der Waals surface area (Å²) in [6.07, 6.45) is 4.11. The maximum atomic E-state index is 12.0. The number of aliphatic carboxylic acids is 1. The number of carboxylic acid groups (broad SMARTS) is 1. The van der Waals surface area contributed by atoms with E-state index in [0.29, 0.717) is 26.1 Å². The minimum atomic E-state index is -0.816. The fourth-order valence-corrected chi connectivity index (χ4v) is 2.67. The van der Waals surface area contributed by atoms with Crippen LogP contribution in [0.4, 0.5) is 4.79 Å². The summed E-state index contributed by atoms with van der Waals surface area (Å²) < 4.78 is 0. The van der Waals surface area contributed by atoms with E-state index in [2.05, 4.69) is 12.2 Å². The molecule has 0 radical (unpaired) electrons. The number of hydrogen-bond donors (Lipinski definition) is 2. The number of carboxylic acids is 1. The molecule has 0 aromatic carbocycles. The molecule has 2 rings (SSSR count). The van der Waals surface area contributed by atoms with Gasteiger partial charge in [0.15, 0.2) is 0 Å². The monoisotopic (exact) mass is 254 g/mol. The standard InChI is InChI=1S/C13H22N2O3/c1-12(4-3-5-12)8-14-11(18)15-7-6-13(2,9-15)10(16)17/h3-9H2,1-2H3,(H,14,18)(H,16,17). The highest BCUT2D eigenvalue weighted by molar-refractivity contribution is 5.79. The Balaban J connectivity index is 1.82. The Morgan fingerprint density at radius 3 is 2.39 bits per heavy atom. The van der Waals surface area contributed by atoms with Crippen LogP contribution in [0.2, 0.25) is 0 Å². The third-order valence-electron chi connectivity index (χ3n) is 4.50. The zero-order valence-electron chi connectivity index (χ0n) is 11.2. The first-order valence-electron chi connectivity index (χ1n) is 6.61. The lowest BCUT2D eigenvalue weighted by atomic mass is 9.70. The van der Waals surface area contributed by atoms with Crippen LogP contribution < -0.4 is 5.32 Å². The van der Waals surface area contributed by atoms with E-state index >= 15 is 0 Å². The van der Waals surface area contributed by atoms with E-state index in [1.807, 2.05) is 0 Å². The lowest BCUT2D eigenvalue weighted by Crippen LogP contribution is -2.46. The van der Waals surface area contributed by atoms with Gasteiger partial charge in [0.05, 0.1) is 5.41 Å². The van der Waals surface area contributed by atoms with Crippen molar-refractivity contribution in [1.82, 2.24) is 10.2 Å². The van der Waals surface area contributed by atoms with Gasteiger partial charge in [0.25, 0.3) is 0 Å². The lowest BCUT2D eigenvalue weighted by Gasteiger charge is -2.38. The minimum absolute atomic E-state index is 0.117. The van der Waals surface area contributed by atoms with E-state index in [1.54, 1.807) is 11.8 Å². The number of nitrogens with zero attached hydrogens (tertiary/aromatic N) is 1. The van der Waals surface area contributed by atoms with E-state index in [-0.39, 0.29) is 11.4 Å². The molecule has 1 aliphatic heterocycles. The first-order chi connectivity index (χ1) is 8.35. The topological polar surface area (TPSA) is 69.6 Å². The molecule has 2 fully saturated rings. The van der Waals surface area contributed by atoms with E-state index in [0.717, 1.165) is 0 Å². The van der Waals surface area contributed by atoms with Crippen molar-refractivity contribution in [2.45, 2.75) is 39.5 Å². The van der Waals surface area contributed by atoms with Crippen LogP contribution in [0.25, 0.3) is 0 Å². The molecule has 2 aliphatic rings. The van der Waals surface area contributed by atoms with E-state index in [1.165, 1.54) is 19.3 Å². The molecule has 2 amide bonds. The van der Waals surface area contributed by atoms with Crippen molar-refractivity contribution in [2.75, 3.05) is 19.6 Å². The van der Waals surface area contributed by atoms with Crippen molar-refractivity contribution in [1.29, 1.82) is 0 Å². The molecule has 1 heterocycles. The molecule has 1 atom stereocenters. The summed E-state index contributed by atoms with van der Waals surface area (Å²) in [5.41, 5.74) is -0.525. The van der Waals surface area contributed by atoms with Crippen molar-refractivity contribution in [3.05, 3.63) is 0 Å². The Morgan fingerprint density at radius 2 is 1.94 bits per heavy atom. The highest BCUT2D eigenvalue weighted by Crippen LogP contribution is 2.39. The van der Waals surface area contributed by atoms with Gasteiger partial charge in [0.1, 0.15) is 0 Å². The van der Waals surface area contributed by atoms with Crippen molar-refractivity contribution in [3.63, 3.8) is 0 Å². The van der Waals surface area contributed by atoms with Crippen LogP contribution >= 0.6 is 0 Å². The maximum Gasteiger partial charge on any atom is 0.317 e. The number of rotatable bonds is 3. The van der Waals surface area contributed by atoms with Gasteiger partial charge in [0, 0.05) is 19.6 Å². The Kier molecular flexibility index (Phi) is 3.25. The molecule has 1 aliphatic carbocycles. The van der Waals surface area contributed by atoms with Crippen LogP contribution in [0.1, 0.15) is 39.5 Å². The number of hydrogen-bond acceptors (Lipinski definition) is 2. The largest absolute Gasteiger partial charge is 0.481 e. The average molecular weight is 254 g/mol. The molecule has 5 nitrogen and oxygen atoms in total. The summed E-state index contributed by atoms with van der Waals surface area (Å²) in [5.74, 6) is -0.816. The van der Waals surface area contributed by atoms with E-state index in [9.17, 15) is 9.59 Å². The zero-order chi connectivity index (χ0) is 13.4. The predicted molar refractivity (Wildman–Crippen MR) is 67.3 cm³/mol. The van der Waals surface area contributed by atoms with Crippen LogP contribution in [0.3, 0.4) is 0 Å². The van der Waals surface area contributed by atoms with Crippen LogP contribution in [-0.2, 0) is 4.79 Å². The highest BCUT2D eigenvalue weighted by Gasteiger charge is 2.42. The van der Waals surface area contributed by atoms with Gasteiger partial charge in [-0.15, -0.1) is 0 Å². The summed E-state index contributed by atoms with van der Waals surface area (Å²) >= 11 is 0. The number of carbonyl (C=O) groups is 2. The second kappa shape index (κ2) is 4.44. The molecule has 0 aromatic rings. The van der Waals surface area contributed by atoms with Crippen molar-refractivity contribution in [3.8, 4) is 0 Å². The molecular formula is C13H22N2O3. The Morgan fingerprint density at radius 1 is 1.28 bits per heavy atom.